The number of hydrogen-bond acceptors (Lipinski definition) is 7. The number of nitrogens with zero attached hydrogens (tertiary/aromatic N) is 1. The van der Waals surface area contributed by atoms with Crippen molar-refractivity contribution in [3.63, 3.8) is 0 Å². The smallest absolute Gasteiger partial charge is 0.338 e. The minimum Gasteiger partial charge on any atom is -0.493 e. The van der Waals surface area contributed by atoms with E-state index in [0.717, 1.165) is 17.1 Å². The number of ether oxygens (including phenoxy) is 3. The Morgan fingerprint density at radius 3 is 2.45 bits per heavy atom. The Morgan fingerprint density at radius 2 is 1.82 bits per heavy atom. The van der Waals surface area contributed by atoms with Crippen molar-refractivity contribution < 1.29 is 32.2 Å². The van der Waals surface area contributed by atoms with E-state index in [9.17, 15) is 18.0 Å². The van der Waals surface area contributed by atoms with Crippen LogP contribution in [-0.4, -0.2) is 59.0 Å². The molecule has 0 radical (unpaired) electrons. The standard InChI is InChI=1S/C22H27ClN2O7S/c1-5-6-11-31-18-10-7-15(12-19(18)30-4)22(27)32-14-21(26)24-16-8-9-17(23)20(13-16)33(28,29)25(2)3/h7-10,12-13H,5-6,11,14H2,1-4H3,(H,24,26). The van der Waals surface area contributed by atoms with Crippen LogP contribution in [0.25, 0.3) is 0 Å². The van der Waals surface area contributed by atoms with E-state index in [4.69, 9.17) is 25.8 Å². The summed E-state index contributed by atoms with van der Waals surface area (Å²) in [7, 11) is 0.397. The number of rotatable bonds is 11. The van der Waals surface area contributed by atoms with Gasteiger partial charge in [0.25, 0.3) is 5.91 Å². The van der Waals surface area contributed by atoms with E-state index < -0.39 is 28.5 Å². The summed E-state index contributed by atoms with van der Waals surface area (Å²) in [5.41, 5.74) is 0.379. The van der Waals surface area contributed by atoms with Crippen LogP contribution in [-0.2, 0) is 19.6 Å². The van der Waals surface area contributed by atoms with Crippen molar-refractivity contribution in [2.45, 2.75) is 24.7 Å². The Labute approximate surface area is 198 Å². The highest BCUT2D eigenvalue weighted by Gasteiger charge is 2.22. The van der Waals surface area contributed by atoms with Crippen LogP contribution in [0.3, 0.4) is 0 Å². The van der Waals surface area contributed by atoms with Gasteiger partial charge in [0, 0.05) is 19.8 Å². The normalized spacial score (nSPS) is 11.2. The minimum absolute atomic E-state index is 0.0178. The lowest BCUT2D eigenvalue weighted by atomic mass is 10.2. The molecule has 2 rings (SSSR count). The Morgan fingerprint density at radius 1 is 1.09 bits per heavy atom. The van der Waals surface area contributed by atoms with Gasteiger partial charge in [-0.2, -0.15) is 0 Å². The second-order valence-electron chi connectivity index (χ2n) is 7.12. The molecule has 0 aliphatic carbocycles. The number of benzene rings is 2. The summed E-state index contributed by atoms with van der Waals surface area (Å²) in [6, 6.07) is 8.63. The fourth-order valence-corrected chi connectivity index (χ4v) is 4.02. The van der Waals surface area contributed by atoms with Crippen LogP contribution in [0.2, 0.25) is 5.02 Å². The van der Waals surface area contributed by atoms with E-state index in [2.05, 4.69) is 5.32 Å². The number of nitrogens with one attached hydrogen (secondary N) is 1. The molecule has 1 N–H and O–H groups in total. The van der Waals surface area contributed by atoms with Crippen LogP contribution in [0.1, 0.15) is 30.1 Å². The maximum Gasteiger partial charge on any atom is 0.338 e. The number of methoxy groups -OCH3 is 1. The van der Waals surface area contributed by atoms with Gasteiger partial charge in [-0.15, -0.1) is 0 Å². The zero-order valence-corrected chi connectivity index (χ0v) is 20.5. The number of sulfonamides is 1. The molecule has 9 nitrogen and oxygen atoms in total. The van der Waals surface area contributed by atoms with Crippen molar-refractivity contribution in [1.29, 1.82) is 0 Å². The van der Waals surface area contributed by atoms with Gasteiger partial charge in [-0.05, 0) is 42.8 Å². The van der Waals surface area contributed by atoms with Crippen LogP contribution in [0.4, 0.5) is 5.69 Å². The van der Waals surface area contributed by atoms with Gasteiger partial charge in [0.1, 0.15) is 4.90 Å². The van der Waals surface area contributed by atoms with Gasteiger partial charge >= 0.3 is 5.97 Å². The van der Waals surface area contributed by atoms with E-state index in [1.54, 1.807) is 6.07 Å². The average molecular weight is 499 g/mol. The number of esters is 1. The van der Waals surface area contributed by atoms with Gasteiger partial charge in [0.15, 0.2) is 18.1 Å². The number of anilines is 1. The number of carbonyl (C=O) groups is 2. The molecule has 11 heteroatoms. The molecular weight excluding hydrogens is 472 g/mol. The first-order valence-corrected chi connectivity index (χ1v) is 11.9. The first kappa shape index (κ1) is 26.4. The van der Waals surface area contributed by atoms with Crippen molar-refractivity contribution in [1.82, 2.24) is 4.31 Å². The topological polar surface area (TPSA) is 111 Å². The molecular formula is C22H27ClN2O7S. The third kappa shape index (κ3) is 7.08. The lowest BCUT2D eigenvalue weighted by Gasteiger charge is -2.14. The minimum atomic E-state index is -3.80. The molecule has 0 saturated carbocycles. The predicted octanol–water partition coefficient (Wildman–Crippen LogP) is 3.57. The second kappa shape index (κ2) is 11.9. The molecule has 0 unspecified atom stereocenters. The fourth-order valence-electron chi connectivity index (χ4n) is 2.63. The molecule has 0 aliphatic rings. The van der Waals surface area contributed by atoms with Gasteiger partial charge in [-0.25, -0.2) is 17.5 Å². The molecule has 2 aromatic carbocycles. The van der Waals surface area contributed by atoms with Crippen molar-refractivity contribution in [3.05, 3.63) is 47.0 Å². The van der Waals surface area contributed by atoms with Crippen LogP contribution >= 0.6 is 11.6 Å². The van der Waals surface area contributed by atoms with E-state index in [1.807, 2.05) is 6.92 Å². The zero-order valence-electron chi connectivity index (χ0n) is 18.9. The fraction of sp³-hybridized carbons (Fsp3) is 0.364. The summed E-state index contributed by atoms with van der Waals surface area (Å²) in [6.45, 7) is 2.00. The van der Waals surface area contributed by atoms with Gasteiger partial charge in [-0.3, -0.25) is 4.79 Å². The number of carbonyl (C=O) groups excluding carboxylic acids is 2. The van der Waals surface area contributed by atoms with Gasteiger partial charge < -0.3 is 19.5 Å². The number of hydrogen-bond donors (Lipinski definition) is 1. The largest absolute Gasteiger partial charge is 0.493 e. The van der Waals surface area contributed by atoms with Crippen molar-refractivity contribution in [3.8, 4) is 11.5 Å². The predicted molar refractivity (Wildman–Crippen MR) is 125 cm³/mol. The van der Waals surface area contributed by atoms with Crippen LogP contribution in [0.15, 0.2) is 41.3 Å². The van der Waals surface area contributed by atoms with Crippen molar-refractivity contribution in [2.24, 2.45) is 0 Å². The molecule has 0 atom stereocenters. The zero-order chi connectivity index (χ0) is 24.6. The summed E-state index contributed by atoms with van der Waals surface area (Å²) in [5.74, 6) is -0.492. The summed E-state index contributed by atoms with van der Waals surface area (Å²) in [6.07, 6.45) is 1.87. The first-order chi connectivity index (χ1) is 15.6. The van der Waals surface area contributed by atoms with Gasteiger partial charge in [0.05, 0.1) is 24.3 Å². The molecule has 33 heavy (non-hydrogen) atoms. The van der Waals surface area contributed by atoms with E-state index in [-0.39, 0.29) is 21.2 Å². The monoisotopic (exact) mass is 498 g/mol. The van der Waals surface area contributed by atoms with Crippen LogP contribution in [0.5, 0.6) is 11.5 Å². The molecule has 0 saturated heterocycles. The maximum atomic E-state index is 12.4. The lowest BCUT2D eigenvalue weighted by Crippen LogP contribution is -2.23. The summed E-state index contributed by atoms with van der Waals surface area (Å²) in [5, 5.41) is 2.50. The summed E-state index contributed by atoms with van der Waals surface area (Å²) >= 11 is 6.00. The van der Waals surface area contributed by atoms with Crippen molar-refractivity contribution >= 4 is 39.2 Å². The highest BCUT2D eigenvalue weighted by molar-refractivity contribution is 7.89. The molecule has 0 aliphatic heterocycles. The third-order valence-corrected chi connectivity index (χ3v) is 6.76. The number of amides is 1. The summed E-state index contributed by atoms with van der Waals surface area (Å²) in [4.78, 5) is 24.4. The highest BCUT2D eigenvalue weighted by atomic mass is 35.5. The summed E-state index contributed by atoms with van der Waals surface area (Å²) < 4.78 is 41.7. The van der Waals surface area contributed by atoms with Crippen LogP contribution in [0, 0.1) is 0 Å². The van der Waals surface area contributed by atoms with E-state index in [1.165, 1.54) is 51.5 Å². The molecule has 0 aromatic heterocycles. The molecule has 1 amide bonds. The molecule has 0 fully saturated rings. The van der Waals surface area contributed by atoms with E-state index in [0.29, 0.717) is 18.1 Å². The number of unbranched alkanes of at least 4 members (excludes halogenated alkanes) is 1. The Kier molecular flexibility index (Phi) is 9.51. The van der Waals surface area contributed by atoms with Crippen molar-refractivity contribution in [2.75, 3.05) is 39.7 Å². The molecule has 0 heterocycles. The highest BCUT2D eigenvalue weighted by Crippen LogP contribution is 2.29. The Bertz CT molecular complexity index is 1100. The molecule has 0 spiro atoms. The Balaban J connectivity index is 2.02. The quantitative estimate of drug-likeness (QED) is 0.372. The molecule has 180 valence electrons. The van der Waals surface area contributed by atoms with Gasteiger partial charge in [-0.1, -0.05) is 24.9 Å². The van der Waals surface area contributed by atoms with Gasteiger partial charge in [0.2, 0.25) is 10.0 Å². The number of halogens is 1. The lowest BCUT2D eigenvalue weighted by molar-refractivity contribution is -0.119. The molecule has 0 bridgehead atoms. The average Bonchev–Trinajstić information content (AvgIpc) is 2.78. The SMILES string of the molecule is CCCCOc1ccc(C(=O)OCC(=O)Nc2ccc(Cl)c(S(=O)(=O)N(C)C)c2)cc1OC. The third-order valence-electron chi connectivity index (χ3n) is 4.46. The maximum absolute atomic E-state index is 12.4. The Hall–Kier alpha value is -2.82. The van der Waals surface area contributed by atoms with Crippen LogP contribution < -0.4 is 14.8 Å². The van der Waals surface area contributed by atoms with E-state index >= 15 is 0 Å². The first-order valence-electron chi connectivity index (χ1n) is 10.1. The molecule has 2 aromatic rings. The second-order valence-corrected chi connectivity index (χ2v) is 9.65.